The first-order valence-electron chi connectivity index (χ1n) is 16.3. The molecule has 1 rings (SSSR count). The number of hydrogen-bond acceptors (Lipinski definition) is 12. The number of aliphatic carboxylic acids is 1. The number of nitrogens with zero attached hydrogens (tertiary/aromatic N) is 3. The third-order valence-corrected chi connectivity index (χ3v) is 5.96. The molecule has 0 unspecified atom stereocenters. The van der Waals surface area contributed by atoms with Gasteiger partial charge in [-0.05, 0) is 71.2 Å². The number of carboxylic acids is 1. The van der Waals surface area contributed by atoms with E-state index in [0.29, 0.717) is 32.0 Å². The van der Waals surface area contributed by atoms with E-state index in [0.717, 1.165) is 0 Å². The summed E-state index contributed by atoms with van der Waals surface area (Å²) in [4.78, 5) is 64.0. The number of carbonyl (C=O) groups excluding carboxylic acids is 4. The number of benzene rings is 1. The minimum Gasteiger partial charge on any atom is -0.480 e. The molecule has 4 amide bonds. The number of ether oxygens (including phenoxy) is 6. The fourth-order valence-corrected chi connectivity index (χ4v) is 3.82. The lowest BCUT2D eigenvalue weighted by molar-refractivity contribution is -0.139. The van der Waals surface area contributed by atoms with Crippen LogP contribution >= 0.6 is 0 Å². The SMILES string of the molecule is CC(C)(C)OC(=O)N[C@@H](Cc1ccc(OC(=O)NCC[C@H](NC(=O)OC(C)(C)C)C(=O)NCCOCCOCCOCCN=[N+]=[N-])cc1)C(=O)O. The zero-order valence-electron chi connectivity index (χ0n) is 30.0. The summed E-state index contributed by atoms with van der Waals surface area (Å²) in [6, 6.07) is 3.71. The molecule has 19 heteroatoms. The molecule has 1 aromatic rings. The predicted molar refractivity (Wildman–Crippen MR) is 182 cm³/mol. The van der Waals surface area contributed by atoms with E-state index >= 15 is 0 Å². The monoisotopic (exact) mass is 725 g/mol. The van der Waals surface area contributed by atoms with E-state index in [1.54, 1.807) is 53.7 Å². The van der Waals surface area contributed by atoms with Gasteiger partial charge in [0.15, 0.2) is 0 Å². The number of carboxylic acid groups (broad SMARTS) is 1. The van der Waals surface area contributed by atoms with E-state index in [4.69, 9.17) is 34.0 Å². The van der Waals surface area contributed by atoms with Crippen molar-refractivity contribution in [2.24, 2.45) is 5.11 Å². The molecule has 0 radical (unpaired) electrons. The van der Waals surface area contributed by atoms with Crippen LogP contribution in [0.25, 0.3) is 10.4 Å². The largest absolute Gasteiger partial charge is 0.480 e. The number of alkyl carbamates (subject to hydrolysis) is 2. The Labute approximate surface area is 297 Å². The predicted octanol–water partition coefficient (Wildman–Crippen LogP) is 3.06. The highest BCUT2D eigenvalue weighted by atomic mass is 16.6. The summed E-state index contributed by atoms with van der Waals surface area (Å²) < 4.78 is 31.7. The Balaban J connectivity index is 2.54. The van der Waals surface area contributed by atoms with Crippen molar-refractivity contribution in [3.05, 3.63) is 40.3 Å². The second-order valence-corrected chi connectivity index (χ2v) is 12.8. The van der Waals surface area contributed by atoms with Crippen molar-refractivity contribution in [1.82, 2.24) is 21.3 Å². The molecule has 19 nitrogen and oxygen atoms in total. The highest BCUT2D eigenvalue weighted by molar-refractivity contribution is 5.85. The first-order valence-corrected chi connectivity index (χ1v) is 16.3. The van der Waals surface area contributed by atoms with Crippen LogP contribution in [0.3, 0.4) is 0 Å². The van der Waals surface area contributed by atoms with Gasteiger partial charge in [0.05, 0.1) is 39.6 Å². The van der Waals surface area contributed by atoms with Crippen molar-refractivity contribution < 1.29 is 57.5 Å². The zero-order chi connectivity index (χ0) is 38.3. The van der Waals surface area contributed by atoms with Crippen molar-refractivity contribution in [3.63, 3.8) is 0 Å². The second-order valence-electron chi connectivity index (χ2n) is 12.8. The summed E-state index contributed by atoms with van der Waals surface area (Å²) >= 11 is 0. The average Bonchev–Trinajstić information content (AvgIpc) is 3.01. The van der Waals surface area contributed by atoms with Gasteiger partial charge in [-0.3, -0.25) is 4.79 Å². The molecule has 0 saturated heterocycles. The molecule has 1 aromatic carbocycles. The van der Waals surface area contributed by atoms with Gasteiger partial charge in [-0.15, -0.1) is 0 Å². The lowest BCUT2D eigenvalue weighted by Crippen LogP contribution is -2.50. The quantitative estimate of drug-likeness (QED) is 0.0500. The van der Waals surface area contributed by atoms with E-state index in [2.05, 4.69) is 31.3 Å². The molecular formula is C32H51N7O12. The average molecular weight is 726 g/mol. The molecule has 0 aliphatic heterocycles. The third kappa shape index (κ3) is 23.2. The van der Waals surface area contributed by atoms with Gasteiger partial charge >= 0.3 is 24.2 Å². The smallest absolute Gasteiger partial charge is 0.412 e. The van der Waals surface area contributed by atoms with E-state index < -0.39 is 53.4 Å². The van der Waals surface area contributed by atoms with Gasteiger partial charge in [0.1, 0.15) is 29.0 Å². The second kappa shape index (κ2) is 23.5. The molecule has 5 N–H and O–H groups in total. The molecule has 51 heavy (non-hydrogen) atoms. The molecule has 0 aromatic heterocycles. The maximum atomic E-state index is 12.9. The Bertz CT molecular complexity index is 1290. The molecule has 0 heterocycles. The van der Waals surface area contributed by atoms with Gasteiger partial charge in [0.2, 0.25) is 5.91 Å². The summed E-state index contributed by atoms with van der Waals surface area (Å²) in [5, 5.41) is 22.9. The van der Waals surface area contributed by atoms with Crippen molar-refractivity contribution >= 4 is 30.2 Å². The lowest BCUT2D eigenvalue weighted by Gasteiger charge is -2.23. The summed E-state index contributed by atoms with van der Waals surface area (Å²) in [7, 11) is 0. The van der Waals surface area contributed by atoms with Gasteiger partial charge in [0.25, 0.3) is 0 Å². The molecule has 0 spiro atoms. The Morgan fingerprint density at radius 1 is 0.745 bits per heavy atom. The van der Waals surface area contributed by atoms with Crippen LogP contribution in [-0.4, -0.2) is 118 Å². The molecule has 0 aliphatic rings. The Morgan fingerprint density at radius 2 is 1.27 bits per heavy atom. The molecule has 0 bridgehead atoms. The number of carbonyl (C=O) groups is 5. The van der Waals surface area contributed by atoms with Crippen LogP contribution in [0.4, 0.5) is 14.4 Å². The minimum atomic E-state index is -1.25. The van der Waals surface area contributed by atoms with Crippen LogP contribution in [0, 0.1) is 0 Å². The van der Waals surface area contributed by atoms with E-state index in [9.17, 15) is 29.1 Å². The summed E-state index contributed by atoms with van der Waals surface area (Å²) in [6.07, 6.45) is -2.55. The van der Waals surface area contributed by atoms with Gasteiger partial charge in [0, 0.05) is 31.0 Å². The Kier molecular flexibility index (Phi) is 20.4. The zero-order valence-corrected chi connectivity index (χ0v) is 30.0. The summed E-state index contributed by atoms with van der Waals surface area (Å²) in [5.41, 5.74) is 7.14. The number of hydrogen-bond donors (Lipinski definition) is 5. The van der Waals surface area contributed by atoms with Gasteiger partial charge in [-0.2, -0.15) is 0 Å². The number of azide groups is 1. The first-order chi connectivity index (χ1) is 24.0. The first kappa shape index (κ1) is 44.2. The topological polar surface area (TPSA) is 258 Å². The number of rotatable bonds is 22. The van der Waals surface area contributed by atoms with Crippen LogP contribution in [0.2, 0.25) is 0 Å². The van der Waals surface area contributed by atoms with E-state index in [-0.39, 0.29) is 51.4 Å². The lowest BCUT2D eigenvalue weighted by atomic mass is 10.1. The van der Waals surface area contributed by atoms with Crippen molar-refractivity contribution in [3.8, 4) is 5.75 Å². The maximum absolute atomic E-state index is 12.9. The molecule has 0 fully saturated rings. The normalized spacial score (nSPS) is 12.4. The summed E-state index contributed by atoms with van der Waals surface area (Å²) in [5.74, 6) is -1.61. The minimum absolute atomic E-state index is 0.0000306. The fourth-order valence-electron chi connectivity index (χ4n) is 3.82. The molecule has 0 aliphatic carbocycles. The van der Waals surface area contributed by atoms with Gasteiger partial charge < -0.3 is 54.8 Å². The van der Waals surface area contributed by atoms with Crippen LogP contribution in [0.1, 0.15) is 53.5 Å². The van der Waals surface area contributed by atoms with Crippen LogP contribution < -0.4 is 26.0 Å². The molecule has 0 saturated carbocycles. The highest BCUT2D eigenvalue weighted by Crippen LogP contribution is 2.15. The molecule has 2 atom stereocenters. The number of nitrogens with one attached hydrogen (secondary N) is 4. The van der Waals surface area contributed by atoms with E-state index in [1.807, 2.05) is 0 Å². The van der Waals surface area contributed by atoms with Gasteiger partial charge in [-0.1, -0.05) is 17.2 Å². The molecular weight excluding hydrogens is 674 g/mol. The van der Waals surface area contributed by atoms with Crippen molar-refractivity contribution in [2.75, 3.05) is 59.3 Å². The van der Waals surface area contributed by atoms with Crippen LogP contribution in [0.5, 0.6) is 5.75 Å². The standard InChI is InChI=1S/C32H51N7O12/c1-31(2,3)50-29(44)37-24(26(40)34-13-15-46-17-19-48-20-18-47-16-14-36-39-33)11-12-35-28(43)49-23-9-7-22(8-10-23)21-25(27(41)42)38-30(45)51-32(4,5)6/h7-10,24-25H,11-21H2,1-6H3,(H,34,40)(H,35,43)(H,37,44)(H,38,45)(H,41,42)/t24-,25-/m0/s1. The fraction of sp³-hybridized carbons (Fsp3) is 0.656. The van der Waals surface area contributed by atoms with Gasteiger partial charge in [-0.25, -0.2) is 19.2 Å². The molecule has 286 valence electrons. The van der Waals surface area contributed by atoms with Crippen LogP contribution in [0.15, 0.2) is 29.4 Å². The Morgan fingerprint density at radius 3 is 1.80 bits per heavy atom. The third-order valence-electron chi connectivity index (χ3n) is 5.96. The van der Waals surface area contributed by atoms with E-state index in [1.165, 1.54) is 12.1 Å². The van der Waals surface area contributed by atoms with Crippen molar-refractivity contribution in [2.45, 2.75) is 77.7 Å². The number of amides is 4. The Hall–Kier alpha value is -4.84. The maximum Gasteiger partial charge on any atom is 0.412 e. The van der Waals surface area contributed by atoms with Crippen LogP contribution in [-0.2, 0) is 39.7 Å². The van der Waals surface area contributed by atoms with Crippen molar-refractivity contribution in [1.29, 1.82) is 0 Å². The highest BCUT2D eigenvalue weighted by Gasteiger charge is 2.26. The summed E-state index contributed by atoms with van der Waals surface area (Å²) in [6.45, 7) is 12.1.